The van der Waals surface area contributed by atoms with Crippen molar-refractivity contribution in [3.8, 4) is 0 Å². The van der Waals surface area contributed by atoms with Crippen LogP contribution >= 0.6 is 15.9 Å². The van der Waals surface area contributed by atoms with Gasteiger partial charge in [0.2, 0.25) is 0 Å². The van der Waals surface area contributed by atoms with E-state index in [9.17, 15) is 4.79 Å². The number of likely N-dealkylation sites (N-methyl/N-ethyl adjacent to an activating group) is 1. The molecule has 0 spiro atoms. The number of hydrogen-bond acceptors (Lipinski definition) is 4. The quantitative estimate of drug-likeness (QED) is 0.739. The van der Waals surface area contributed by atoms with Crippen molar-refractivity contribution in [1.82, 2.24) is 14.7 Å². The van der Waals surface area contributed by atoms with Crippen LogP contribution in [-0.2, 0) is 6.54 Å². The Morgan fingerprint density at radius 3 is 2.84 bits per heavy atom. The molecule has 6 heteroatoms. The summed E-state index contributed by atoms with van der Waals surface area (Å²) >= 11 is 3.40. The molecule has 0 saturated heterocycles. The van der Waals surface area contributed by atoms with Gasteiger partial charge in [0, 0.05) is 19.0 Å². The van der Waals surface area contributed by atoms with Crippen molar-refractivity contribution in [2.45, 2.75) is 38.8 Å². The first-order valence-corrected chi connectivity index (χ1v) is 7.36. The largest absolute Gasteiger partial charge is 0.328 e. The number of aromatic nitrogens is 2. The van der Waals surface area contributed by atoms with Crippen molar-refractivity contribution in [2.75, 3.05) is 20.6 Å². The minimum absolute atomic E-state index is 0.129. The number of hydrogen-bond donors (Lipinski definition) is 1. The average molecular weight is 331 g/mol. The highest BCUT2D eigenvalue weighted by Gasteiger charge is 2.16. The molecule has 0 aliphatic rings. The highest BCUT2D eigenvalue weighted by molar-refractivity contribution is 9.10. The van der Waals surface area contributed by atoms with Gasteiger partial charge in [0.15, 0.2) is 5.78 Å². The second-order valence-corrected chi connectivity index (χ2v) is 6.01. The summed E-state index contributed by atoms with van der Waals surface area (Å²) in [6.45, 7) is 3.53. The zero-order valence-electron chi connectivity index (χ0n) is 11.9. The number of ketones is 1. The molecule has 0 bridgehead atoms. The molecule has 1 rings (SSSR count). The Kier molecular flexibility index (Phi) is 6.68. The van der Waals surface area contributed by atoms with E-state index in [2.05, 4.69) is 25.9 Å². The maximum Gasteiger partial charge on any atom is 0.182 e. The molecule has 108 valence electrons. The number of rotatable bonds is 8. The minimum atomic E-state index is 0.129. The molecule has 0 aliphatic heterocycles. The van der Waals surface area contributed by atoms with E-state index in [0.717, 1.165) is 23.9 Å². The monoisotopic (exact) mass is 330 g/mol. The van der Waals surface area contributed by atoms with Gasteiger partial charge in [0.05, 0.1) is 17.2 Å². The molecule has 0 radical (unpaired) electrons. The predicted octanol–water partition coefficient (Wildman–Crippen LogP) is 1.91. The van der Waals surface area contributed by atoms with E-state index in [-0.39, 0.29) is 11.8 Å². The van der Waals surface area contributed by atoms with Gasteiger partial charge in [0.1, 0.15) is 5.69 Å². The molecular formula is C13H23BrN4O. The van der Waals surface area contributed by atoms with Crippen LogP contribution < -0.4 is 5.73 Å². The van der Waals surface area contributed by atoms with E-state index in [1.807, 2.05) is 21.0 Å². The summed E-state index contributed by atoms with van der Waals surface area (Å²) in [5, 5.41) is 4.25. The van der Waals surface area contributed by atoms with Crippen LogP contribution in [0.5, 0.6) is 0 Å². The SMILES string of the molecule is CC(N)CCCC(=O)c1c(Br)cnn1CCN(C)C. The second-order valence-electron chi connectivity index (χ2n) is 5.16. The molecular weight excluding hydrogens is 308 g/mol. The van der Waals surface area contributed by atoms with Crippen molar-refractivity contribution in [2.24, 2.45) is 5.73 Å². The lowest BCUT2D eigenvalue weighted by atomic mass is 10.1. The Morgan fingerprint density at radius 2 is 2.26 bits per heavy atom. The minimum Gasteiger partial charge on any atom is -0.328 e. The molecule has 0 fully saturated rings. The zero-order chi connectivity index (χ0) is 14.4. The summed E-state index contributed by atoms with van der Waals surface area (Å²) < 4.78 is 2.55. The van der Waals surface area contributed by atoms with Crippen molar-refractivity contribution >= 4 is 21.7 Å². The normalized spacial score (nSPS) is 12.9. The van der Waals surface area contributed by atoms with Crippen molar-refractivity contribution in [1.29, 1.82) is 0 Å². The summed E-state index contributed by atoms with van der Waals surface area (Å²) in [7, 11) is 4.01. The van der Waals surface area contributed by atoms with Crippen LogP contribution in [0.1, 0.15) is 36.7 Å². The fourth-order valence-electron chi connectivity index (χ4n) is 1.81. The maximum atomic E-state index is 12.2. The summed E-state index contributed by atoms with van der Waals surface area (Å²) in [6, 6.07) is 0.148. The smallest absolute Gasteiger partial charge is 0.182 e. The Morgan fingerprint density at radius 1 is 1.58 bits per heavy atom. The first-order valence-electron chi connectivity index (χ1n) is 6.56. The number of nitrogens with zero attached hydrogens (tertiary/aromatic N) is 3. The van der Waals surface area contributed by atoms with Gasteiger partial charge >= 0.3 is 0 Å². The highest BCUT2D eigenvalue weighted by Crippen LogP contribution is 2.19. The van der Waals surface area contributed by atoms with Crippen molar-refractivity contribution < 1.29 is 4.79 Å². The molecule has 2 N–H and O–H groups in total. The molecule has 19 heavy (non-hydrogen) atoms. The fourth-order valence-corrected chi connectivity index (χ4v) is 2.32. The van der Waals surface area contributed by atoms with Gasteiger partial charge in [0.25, 0.3) is 0 Å². The third kappa shape index (κ3) is 5.42. The molecule has 1 unspecified atom stereocenters. The van der Waals surface area contributed by atoms with Crippen LogP contribution in [0.2, 0.25) is 0 Å². The van der Waals surface area contributed by atoms with Gasteiger partial charge in [-0.2, -0.15) is 5.10 Å². The number of Topliss-reactive ketones (excluding diaryl/α,β-unsaturated/α-hetero) is 1. The van der Waals surface area contributed by atoms with Crippen LogP contribution in [0.3, 0.4) is 0 Å². The first kappa shape index (κ1) is 16.3. The summed E-state index contributed by atoms with van der Waals surface area (Å²) in [4.78, 5) is 14.3. The molecule has 1 heterocycles. The Bertz CT molecular complexity index is 415. The lowest BCUT2D eigenvalue weighted by Gasteiger charge is -2.12. The highest BCUT2D eigenvalue weighted by atomic mass is 79.9. The Balaban J connectivity index is 2.64. The zero-order valence-corrected chi connectivity index (χ0v) is 13.5. The first-order chi connectivity index (χ1) is 8.91. The Labute approximate surface area is 123 Å². The predicted molar refractivity (Wildman–Crippen MR) is 80.3 cm³/mol. The molecule has 0 amide bonds. The summed E-state index contributed by atoms with van der Waals surface area (Å²) in [6.07, 6.45) is 3.90. The number of carbonyl (C=O) groups is 1. The third-order valence-electron chi connectivity index (χ3n) is 2.88. The molecule has 0 saturated carbocycles. The van der Waals surface area contributed by atoms with E-state index in [4.69, 9.17) is 5.73 Å². The number of nitrogens with two attached hydrogens (primary N) is 1. The second kappa shape index (κ2) is 7.77. The van der Waals surface area contributed by atoms with Gasteiger partial charge in [-0.1, -0.05) is 0 Å². The van der Waals surface area contributed by atoms with Crippen LogP contribution in [0, 0.1) is 0 Å². The summed E-state index contributed by atoms with van der Waals surface area (Å²) in [5.41, 5.74) is 6.37. The maximum absolute atomic E-state index is 12.2. The van der Waals surface area contributed by atoms with Crippen LogP contribution in [0.25, 0.3) is 0 Å². The Hall–Kier alpha value is -0.720. The van der Waals surface area contributed by atoms with E-state index >= 15 is 0 Å². The van der Waals surface area contributed by atoms with E-state index in [1.54, 1.807) is 10.9 Å². The lowest BCUT2D eigenvalue weighted by molar-refractivity contribution is 0.0967. The van der Waals surface area contributed by atoms with Gasteiger partial charge < -0.3 is 10.6 Å². The van der Waals surface area contributed by atoms with Gasteiger partial charge in [-0.05, 0) is 49.8 Å². The number of carbonyl (C=O) groups excluding carboxylic acids is 1. The van der Waals surface area contributed by atoms with Crippen LogP contribution in [-0.4, -0.2) is 47.1 Å². The van der Waals surface area contributed by atoms with Gasteiger partial charge in [-0.3, -0.25) is 9.48 Å². The molecule has 1 aromatic rings. The van der Waals surface area contributed by atoms with E-state index < -0.39 is 0 Å². The van der Waals surface area contributed by atoms with Crippen molar-refractivity contribution in [3.63, 3.8) is 0 Å². The molecule has 0 aromatic carbocycles. The van der Waals surface area contributed by atoms with Crippen molar-refractivity contribution in [3.05, 3.63) is 16.4 Å². The molecule has 0 aliphatic carbocycles. The molecule has 1 atom stereocenters. The van der Waals surface area contributed by atoms with E-state index in [0.29, 0.717) is 18.7 Å². The molecule has 5 nitrogen and oxygen atoms in total. The standard InChI is InChI=1S/C13H23BrN4O/c1-10(15)5-4-6-12(19)13-11(14)9-16-18(13)8-7-17(2)3/h9-10H,4-8,15H2,1-3H3. The lowest BCUT2D eigenvalue weighted by Crippen LogP contribution is -2.21. The van der Waals surface area contributed by atoms with Crippen LogP contribution in [0.15, 0.2) is 10.7 Å². The van der Waals surface area contributed by atoms with E-state index in [1.165, 1.54) is 0 Å². The molecule has 1 aromatic heterocycles. The average Bonchev–Trinajstić information content (AvgIpc) is 2.67. The van der Waals surface area contributed by atoms with Gasteiger partial charge in [-0.15, -0.1) is 0 Å². The van der Waals surface area contributed by atoms with Crippen LogP contribution in [0.4, 0.5) is 0 Å². The topological polar surface area (TPSA) is 64.2 Å². The fraction of sp³-hybridized carbons (Fsp3) is 0.692. The number of halogens is 1. The summed E-state index contributed by atoms with van der Waals surface area (Å²) in [5.74, 6) is 0.129. The third-order valence-corrected chi connectivity index (χ3v) is 3.46. The van der Waals surface area contributed by atoms with Gasteiger partial charge in [-0.25, -0.2) is 0 Å².